The minimum Gasteiger partial charge on any atom is -0.497 e. The lowest BCUT2D eigenvalue weighted by atomic mass is 10.2. The zero-order valence-electron chi connectivity index (χ0n) is 14.1. The van der Waals surface area contributed by atoms with Gasteiger partial charge in [0.15, 0.2) is 0 Å². The van der Waals surface area contributed by atoms with Crippen molar-refractivity contribution in [3.05, 3.63) is 66.1 Å². The van der Waals surface area contributed by atoms with E-state index < -0.39 is 0 Å². The minimum absolute atomic E-state index is 0.101. The predicted molar refractivity (Wildman–Crippen MR) is 95.7 cm³/mol. The lowest BCUT2D eigenvalue weighted by Gasteiger charge is -2.20. The number of pyridine rings is 1. The molecule has 126 valence electrons. The Morgan fingerprint density at radius 2 is 1.92 bits per heavy atom. The fraction of sp³-hybridized carbons (Fsp3) is 0.263. The summed E-state index contributed by atoms with van der Waals surface area (Å²) in [5.41, 5.74) is 2.17. The van der Waals surface area contributed by atoms with E-state index in [-0.39, 0.29) is 6.03 Å². The molecule has 1 N–H and O–H groups in total. The Morgan fingerprint density at radius 1 is 1.21 bits per heavy atom. The van der Waals surface area contributed by atoms with Gasteiger partial charge >= 0.3 is 6.03 Å². The van der Waals surface area contributed by atoms with Gasteiger partial charge in [-0.15, -0.1) is 0 Å². The van der Waals surface area contributed by atoms with E-state index in [0.29, 0.717) is 13.1 Å². The van der Waals surface area contributed by atoms with Crippen LogP contribution in [0.4, 0.5) is 4.79 Å². The number of carbonyl (C=O) groups excluding carboxylic acids is 1. The van der Waals surface area contributed by atoms with E-state index >= 15 is 0 Å². The molecule has 0 spiro atoms. The van der Waals surface area contributed by atoms with E-state index in [1.54, 1.807) is 30.6 Å². The fourth-order valence-corrected chi connectivity index (χ4v) is 2.23. The maximum atomic E-state index is 12.2. The summed E-state index contributed by atoms with van der Waals surface area (Å²) in [6.07, 6.45) is 7.87. The van der Waals surface area contributed by atoms with E-state index in [2.05, 4.69) is 10.3 Å². The summed E-state index contributed by atoms with van der Waals surface area (Å²) < 4.78 is 5.12. The number of hydrogen-bond donors (Lipinski definition) is 1. The van der Waals surface area contributed by atoms with Crippen LogP contribution < -0.4 is 10.1 Å². The molecule has 0 aliphatic heterocycles. The van der Waals surface area contributed by atoms with Crippen LogP contribution in [0.25, 0.3) is 6.08 Å². The third kappa shape index (κ3) is 5.43. The van der Waals surface area contributed by atoms with Gasteiger partial charge in [0, 0.05) is 31.7 Å². The summed E-state index contributed by atoms with van der Waals surface area (Å²) in [5, 5.41) is 2.81. The molecule has 0 atom stereocenters. The molecule has 0 fully saturated rings. The Balaban J connectivity index is 1.83. The molecule has 5 heteroatoms. The van der Waals surface area contributed by atoms with Crippen LogP contribution in [0.3, 0.4) is 0 Å². The molecular weight excluding hydrogens is 302 g/mol. The first kappa shape index (κ1) is 17.5. The Kier molecular flexibility index (Phi) is 6.83. The van der Waals surface area contributed by atoms with Gasteiger partial charge in [-0.3, -0.25) is 4.98 Å². The fourth-order valence-electron chi connectivity index (χ4n) is 2.23. The molecule has 2 amide bonds. The highest BCUT2D eigenvalue weighted by atomic mass is 16.5. The second-order valence-electron chi connectivity index (χ2n) is 5.24. The number of ether oxygens (including phenoxy) is 1. The Hall–Kier alpha value is -2.82. The number of benzene rings is 1. The first-order valence-electron chi connectivity index (χ1n) is 7.98. The molecule has 2 aromatic rings. The highest BCUT2D eigenvalue weighted by Gasteiger charge is 2.09. The van der Waals surface area contributed by atoms with Gasteiger partial charge in [-0.25, -0.2) is 4.79 Å². The number of methoxy groups -OCH3 is 1. The average molecular weight is 325 g/mol. The summed E-state index contributed by atoms with van der Waals surface area (Å²) >= 11 is 0. The number of carbonyl (C=O) groups is 1. The highest BCUT2D eigenvalue weighted by Crippen LogP contribution is 2.12. The van der Waals surface area contributed by atoms with Gasteiger partial charge in [-0.05, 0) is 54.8 Å². The third-order valence-corrected chi connectivity index (χ3v) is 3.69. The number of urea groups is 1. The topological polar surface area (TPSA) is 54.5 Å². The lowest BCUT2D eigenvalue weighted by molar-refractivity contribution is 0.205. The third-order valence-electron chi connectivity index (χ3n) is 3.69. The number of hydrogen-bond acceptors (Lipinski definition) is 3. The Bertz CT molecular complexity index is 654. The maximum absolute atomic E-state index is 12.2. The van der Waals surface area contributed by atoms with Crippen molar-refractivity contribution in [1.82, 2.24) is 15.2 Å². The van der Waals surface area contributed by atoms with E-state index in [9.17, 15) is 4.79 Å². The van der Waals surface area contributed by atoms with Crippen LogP contribution in [0.2, 0.25) is 0 Å². The number of rotatable bonds is 7. The van der Waals surface area contributed by atoms with Gasteiger partial charge in [0.2, 0.25) is 0 Å². The van der Waals surface area contributed by atoms with Crippen LogP contribution in [0, 0.1) is 0 Å². The number of aromatic nitrogens is 1. The van der Waals surface area contributed by atoms with Gasteiger partial charge < -0.3 is 15.0 Å². The molecule has 5 nitrogen and oxygen atoms in total. The van der Waals surface area contributed by atoms with E-state index in [4.69, 9.17) is 4.74 Å². The molecule has 0 bridgehead atoms. The summed E-state index contributed by atoms with van der Waals surface area (Å²) in [4.78, 5) is 18.0. The molecule has 0 aliphatic rings. The quantitative estimate of drug-likeness (QED) is 0.849. The Labute approximate surface area is 143 Å². The summed E-state index contributed by atoms with van der Waals surface area (Å²) in [5.74, 6) is 0.810. The van der Waals surface area contributed by atoms with Crippen LogP contribution in [0.5, 0.6) is 5.75 Å². The summed E-state index contributed by atoms with van der Waals surface area (Å²) in [7, 11) is 1.64. The smallest absolute Gasteiger partial charge is 0.321 e. The van der Waals surface area contributed by atoms with E-state index in [0.717, 1.165) is 17.7 Å². The summed E-state index contributed by atoms with van der Waals surface area (Å²) in [6, 6.07) is 11.5. The number of amides is 2. The van der Waals surface area contributed by atoms with Gasteiger partial charge in [-0.2, -0.15) is 0 Å². The zero-order valence-corrected chi connectivity index (χ0v) is 14.1. The van der Waals surface area contributed by atoms with Crippen molar-refractivity contribution < 1.29 is 9.53 Å². The van der Waals surface area contributed by atoms with Crippen LogP contribution in [-0.2, 0) is 6.42 Å². The van der Waals surface area contributed by atoms with E-state index in [1.165, 1.54) is 5.56 Å². The monoisotopic (exact) mass is 325 g/mol. The standard InChI is InChI=1S/C19H23N3O2/c1-3-22(15-11-17-8-12-20-13-9-17)19(23)21-14-10-16-4-6-18(24-2)7-5-16/h4-10,12-14H,3,11,15H2,1-2H3,(H,21,23)/b14-10+. The van der Waals surface area contributed by atoms with Crippen molar-refractivity contribution >= 4 is 12.1 Å². The molecular formula is C19H23N3O2. The normalized spacial score (nSPS) is 10.6. The number of likely N-dealkylation sites (N-methyl/N-ethyl adjacent to an activating group) is 1. The van der Waals surface area contributed by atoms with Crippen molar-refractivity contribution in [2.45, 2.75) is 13.3 Å². The van der Waals surface area contributed by atoms with Crippen LogP contribution in [0.15, 0.2) is 55.0 Å². The molecule has 24 heavy (non-hydrogen) atoms. The maximum Gasteiger partial charge on any atom is 0.321 e. The first-order chi connectivity index (χ1) is 11.7. The van der Waals surface area contributed by atoms with Crippen LogP contribution in [0.1, 0.15) is 18.1 Å². The molecule has 1 aromatic carbocycles. The average Bonchev–Trinajstić information content (AvgIpc) is 2.63. The van der Waals surface area contributed by atoms with Crippen molar-refractivity contribution in [2.75, 3.05) is 20.2 Å². The Morgan fingerprint density at radius 3 is 2.54 bits per heavy atom. The van der Waals surface area contributed by atoms with Crippen molar-refractivity contribution in [3.8, 4) is 5.75 Å². The molecule has 0 saturated heterocycles. The molecule has 1 heterocycles. The van der Waals surface area contributed by atoms with Crippen LogP contribution >= 0.6 is 0 Å². The largest absolute Gasteiger partial charge is 0.497 e. The minimum atomic E-state index is -0.101. The molecule has 2 rings (SSSR count). The SMILES string of the molecule is CCN(CCc1ccncc1)C(=O)N/C=C/c1ccc(OC)cc1. The van der Waals surface area contributed by atoms with E-state index in [1.807, 2.05) is 49.4 Å². The van der Waals surface area contributed by atoms with Crippen molar-refractivity contribution in [2.24, 2.45) is 0 Å². The van der Waals surface area contributed by atoms with Crippen molar-refractivity contribution in [1.29, 1.82) is 0 Å². The van der Waals surface area contributed by atoms with Crippen LogP contribution in [-0.4, -0.2) is 36.1 Å². The molecule has 0 aliphatic carbocycles. The summed E-state index contributed by atoms with van der Waals surface area (Å²) in [6.45, 7) is 3.30. The first-order valence-corrected chi connectivity index (χ1v) is 7.98. The van der Waals surface area contributed by atoms with Gasteiger partial charge in [-0.1, -0.05) is 12.1 Å². The van der Waals surface area contributed by atoms with Gasteiger partial charge in [0.1, 0.15) is 5.75 Å². The lowest BCUT2D eigenvalue weighted by Crippen LogP contribution is -2.38. The van der Waals surface area contributed by atoms with Crippen molar-refractivity contribution in [3.63, 3.8) is 0 Å². The second kappa shape index (κ2) is 9.35. The predicted octanol–water partition coefficient (Wildman–Crippen LogP) is 3.34. The number of nitrogens with zero attached hydrogens (tertiary/aromatic N) is 2. The zero-order chi connectivity index (χ0) is 17.2. The molecule has 0 unspecified atom stereocenters. The second-order valence-corrected chi connectivity index (χ2v) is 5.24. The molecule has 1 aromatic heterocycles. The highest BCUT2D eigenvalue weighted by molar-refractivity contribution is 5.76. The van der Waals surface area contributed by atoms with Gasteiger partial charge in [0.05, 0.1) is 7.11 Å². The number of nitrogens with one attached hydrogen (secondary N) is 1. The molecule has 0 saturated carbocycles. The molecule has 0 radical (unpaired) electrons. The van der Waals surface area contributed by atoms with Gasteiger partial charge in [0.25, 0.3) is 0 Å².